The Hall–Kier alpha value is -2.70. The minimum atomic E-state index is -0.330. The van der Waals surface area contributed by atoms with Gasteiger partial charge < -0.3 is 9.73 Å². The minimum absolute atomic E-state index is 0.0615. The van der Waals surface area contributed by atoms with Crippen molar-refractivity contribution in [2.75, 3.05) is 10.6 Å². The van der Waals surface area contributed by atoms with E-state index in [0.29, 0.717) is 23.8 Å². The first-order valence-electron chi connectivity index (χ1n) is 6.76. The van der Waals surface area contributed by atoms with E-state index in [1.165, 1.54) is 0 Å². The van der Waals surface area contributed by atoms with Crippen LogP contribution in [0.3, 0.4) is 0 Å². The summed E-state index contributed by atoms with van der Waals surface area (Å²) in [5, 5.41) is 13.0. The van der Waals surface area contributed by atoms with Gasteiger partial charge in [0.1, 0.15) is 0 Å². The highest BCUT2D eigenvalue weighted by atomic mass is 16.4. The molecule has 7 nitrogen and oxygen atoms in total. The fourth-order valence-corrected chi connectivity index (χ4v) is 2.32. The van der Waals surface area contributed by atoms with E-state index in [4.69, 9.17) is 4.42 Å². The quantitative estimate of drug-likeness (QED) is 0.894. The molecule has 2 amide bonds. The molecule has 0 unspecified atom stereocenters. The van der Waals surface area contributed by atoms with Crippen molar-refractivity contribution < 1.29 is 14.0 Å². The molecule has 2 heterocycles. The number of anilines is 2. The number of nitrogens with one attached hydrogen (secondary N) is 2. The molecule has 7 heteroatoms. The van der Waals surface area contributed by atoms with Gasteiger partial charge in [0.2, 0.25) is 11.8 Å². The molecule has 0 bridgehead atoms. The molecule has 0 atom stereocenters. The molecular weight excluding hydrogens is 272 g/mol. The molecule has 0 spiro atoms. The van der Waals surface area contributed by atoms with Crippen molar-refractivity contribution in [2.24, 2.45) is 0 Å². The Balaban J connectivity index is 1.51. The first kappa shape index (κ1) is 12.1. The van der Waals surface area contributed by atoms with Crippen LogP contribution in [0.4, 0.5) is 11.7 Å². The third-order valence-electron chi connectivity index (χ3n) is 3.58. The fourth-order valence-electron chi connectivity index (χ4n) is 2.32. The lowest BCUT2D eigenvalue weighted by Gasteiger charge is -2.03. The number of aromatic nitrogens is 2. The highest BCUT2D eigenvalue weighted by Gasteiger charge is 2.29. The van der Waals surface area contributed by atoms with Crippen LogP contribution in [0.2, 0.25) is 0 Å². The zero-order chi connectivity index (χ0) is 14.4. The van der Waals surface area contributed by atoms with Crippen LogP contribution in [0.1, 0.15) is 40.6 Å². The molecule has 1 aromatic carbocycles. The number of carbonyl (C=O) groups excluding carboxylic acids is 2. The fraction of sp³-hybridized carbons (Fsp3) is 0.286. The molecule has 106 valence electrons. The lowest BCUT2D eigenvalue weighted by molar-refractivity contribution is -0.115. The Kier molecular flexibility index (Phi) is 2.53. The van der Waals surface area contributed by atoms with Crippen LogP contribution < -0.4 is 10.6 Å². The smallest absolute Gasteiger partial charge is 0.322 e. The highest BCUT2D eigenvalue weighted by Crippen LogP contribution is 2.39. The number of nitrogens with zero attached hydrogens (tertiary/aromatic N) is 2. The summed E-state index contributed by atoms with van der Waals surface area (Å²) in [4.78, 5) is 23.4. The van der Waals surface area contributed by atoms with Gasteiger partial charge in [0.05, 0.1) is 6.42 Å². The van der Waals surface area contributed by atoms with Crippen molar-refractivity contribution in [3.8, 4) is 0 Å². The van der Waals surface area contributed by atoms with Crippen molar-refractivity contribution in [2.45, 2.75) is 25.2 Å². The van der Waals surface area contributed by atoms with Gasteiger partial charge in [-0.25, -0.2) is 0 Å². The number of benzene rings is 1. The standard InChI is InChI=1S/C14H12N4O3/c19-11-6-9-5-8(3-4-10(9)15-11)12(20)16-14-18-17-13(21-14)7-1-2-7/h3-5,7H,1-2,6H2,(H,15,19)(H,16,18,20). The zero-order valence-electron chi connectivity index (χ0n) is 11.0. The maximum Gasteiger partial charge on any atom is 0.322 e. The SMILES string of the molecule is O=C1Cc2cc(C(=O)Nc3nnc(C4CC4)o3)ccc2N1. The van der Waals surface area contributed by atoms with Crippen LogP contribution in [0, 0.1) is 0 Å². The Morgan fingerprint density at radius 1 is 1.33 bits per heavy atom. The van der Waals surface area contributed by atoms with Gasteiger partial charge in [-0.15, -0.1) is 5.10 Å². The van der Waals surface area contributed by atoms with Gasteiger partial charge in [0.25, 0.3) is 5.91 Å². The first-order valence-corrected chi connectivity index (χ1v) is 6.76. The first-order chi connectivity index (χ1) is 10.2. The predicted octanol–water partition coefficient (Wildman–Crippen LogP) is 1.69. The topological polar surface area (TPSA) is 97.1 Å². The molecule has 1 aliphatic carbocycles. The lowest BCUT2D eigenvalue weighted by Crippen LogP contribution is -2.12. The van der Waals surface area contributed by atoms with Gasteiger partial charge in [-0.1, -0.05) is 5.10 Å². The molecule has 1 aliphatic heterocycles. The maximum absolute atomic E-state index is 12.1. The van der Waals surface area contributed by atoms with Crippen LogP contribution in [0.15, 0.2) is 22.6 Å². The van der Waals surface area contributed by atoms with Gasteiger partial charge in [0, 0.05) is 17.2 Å². The zero-order valence-corrected chi connectivity index (χ0v) is 11.0. The molecule has 2 N–H and O–H groups in total. The van der Waals surface area contributed by atoms with E-state index in [1.54, 1.807) is 18.2 Å². The van der Waals surface area contributed by atoms with Crippen LogP contribution in [-0.4, -0.2) is 22.0 Å². The van der Waals surface area contributed by atoms with Gasteiger partial charge in [-0.2, -0.15) is 0 Å². The molecule has 2 aliphatic rings. The van der Waals surface area contributed by atoms with E-state index in [0.717, 1.165) is 24.1 Å². The monoisotopic (exact) mass is 284 g/mol. The van der Waals surface area contributed by atoms with Crippen LogP contribution >= 0.6 is 0 Å². The molecule has 0 saturated heterocycles. The molecule has 1 saturated carbocycles. The average molecular weight is 284 g/mol. The van der Waals surface area contributed by atoms with Crippen molar-refractivity contribution in [1.82, 2.24) is 10.2 Å². The number of amides is 2. The van der Waals surface area contributed by atoms with Crippen molar-refractivity contribution >= 4 is 23.5 Å². The molecule has 2 aromatic rings. The molecule has 1 aromatic heterocycles. The molecule has 4 rings (SSSR count). The summed E-state index contributed by atoms with van der Waals surface area (Å²) in [6.45, 7) is 0. The summed E-state index contributed by atoms with van der Waals surface area (Å²) in [5.41, 5.74) is 2.03. The normalized spacial score (nSPS) is 16.5. The second-order valence-electron chi connectivity index (χ2n) is 5.27. The second-order valence-corrected chi connectivity index (χ2v) is 5.27. The summed E-state index contributed by atoms with van der Waals surface area (Å²) in [6.07, 6.45) is 2.41. The largest absolute Gasteiger partial charge is 0.408 e. The molecule has 21 heavy (non-hydrogen) atoms. The Morgan fingerprint density at radius 3 is 3.00 bits per heavy atom. The Labute approximate surface area is 119 Å². The summed E-state index contributed by atoms with van der Waals surface area (Å²) in [6, 6.07) is 5.17. The van der Waals surface area contributed by atoms with Crippen LogP contribution in [0.5, 0.6) is 0 Å². The number of carbonyl (C=O) groups is 2. The lowest BCUT2D eigenvalue weighted by atomic mass is 10.1. The number of hydrogen-bond donors (Lipinski definition) is 2. The summed E-state index contributed by atoms with van der Waals surface area (Å²) >= 11 is 0. The third-order valence-corrected chi connectivity index (χ3v) is 3.58. The van der Waals surface area contributed by atoms with Gasteiger partial charge in [0.15, 0.2) is 0 Å². The van der Waals surface area contributed by atoms with Crippen LogP contribution in [-0.2, 0) is 11.2 Å². The van der Waals surface area contributed by atoms with Crippen molar-refractivity contribution in [3.05, 3.63) is 35.2 Å². The molecule has 1 fully saturated rings. The maximum atomic E-state index is 12.1. The van der Waals surface area contributed by atoms with E-state index >= 15 is 0 Å². The van der Waals surface area contributed by atoms with Crippen molar-refractivity contribution in [3.63, 3.8) is 0 Å². The van der Waals surface area contributed by atoms with E-state index in [2.05, 4.69) is 20.8 Å². The molecule has 0 radical (unpaired) electrons. The van der Waals surface area contributed by atoms with Gasteiger partial charge >= 0.3 is 6.01 Å². The van der Waals surface area contributed by atoms with E-state index < -0.39 is 0 Å². The van der Waals surface area contributed by atoms with Gasteiger partial charge in [-0.05, 0) is 36.6 Å². The Bertz CT molecular complexity index is 748. The van der Waals surface area contributed by atoms with E-state index in [-0.39, 0.29) is 17.8 Å². The number of fused-ring (bicyclic) bond motifs is 1. The minimum Gasteiger partial charge on any atom is -0.408 e. The highest BCUT2D eigenvalue weighted by molar-refractivity contribution is 6.05. The molecular formula is C14H12N4O3. The van der Waals surface area contributed by atoms with Gasteiger partial charge in [-0.3, -0.25) is 14.9 Å². The van der Waals surface area contributed by atoms with E-state index in [1.807, 2.05) is 0 Å². The number of hydrogen-bond acceptors (Lipinski definition) is 5. The summed E-state index contributed by atoms with van der Waals surface area (Å²) in [5.74, 6) is 0.533. The van der Waals surface area contributed by atoms with Crippen molar-refractivity contribution in [1.29, 1.82) is 0 Å². The summed E-state index contributed by atoms with van der Waals surface area (Å²) in [7, 11) is 0. The Morgan fingerprint density at radius 2 is 2.19 bits per heavy atom. The third kappa shape index (κ3) is 2.26. The average Bonchev–Trinajstić information content (AvgIpc) is 3.09. The number of rotatable bonds is 3. The second kappa shape index (κ2) is 4.41. The van der Waals surface area contributed by atoms with Crippen LogP contribution in [0.25, 0.3) is 0 Å². The summed E-state index contributed by atoms with van der Waals surface area (Å²) < 4.78 is 5.39. The van der Waals surface area contributed by atoms with E-state index in [9.17, 15) is 9.59 Å². The predicted molar refractivity (Wildman–Crippen MR) is 73.0 cm³/mol.